The van der Waals surface area contributed by atoms with Gasteiger partial charge in [0.25, 0.3) is 0 Å². The Morgan fingerprint density at radius 3 is 2.31 bits per heavy atom. The molecule has 0 fully saturated rings. The Labute approximate surface area is 93.7 Å². The third-order valence-electron chi connectivity index (χ3n) is 2.06. The molecule has 0 amide bonds. The second-order valence-electron chi connectivity index (χ2n) is 3.19. The van der Waals surface area contributed by atoms with Gasteiger partial charge in [-0.25, -0.2) is 4.79 Å². The summed E-state index contributed by atoms with van der Waals surface area (Å²) in [4.78, 5) is 11.4. The van der Waals surface area contributed by atoms with Crippen molar-refractivity contribution in [3.63, 3.8) is 0 Å². The first-order chi connectivity index (χ1) is 7.57. The fourth-order valence-electron chi connectivity index (χ4n) is 1.28. The van der Waals surface area contributed by atoms with E-state index in [1.165, 1.54) is 14.0 Å². The number of aliphatic hydroxyl groups is 1. The molecule has 1 aromatic rings. The van der Waals surface area contributed by atoms with Crippen LogP contribution in [-0.2, 0) is 9.53 Å². The summed E-state index contributed by atoms with van der Waals surface area (Å²) < 4.78 is 4.52. The van der Waals surface area contributed by atoms with Gasteiger partial charge in [0.05, 0.1) is 12.8 Å². The van der Waals surface area contributed by atoms with Crippen LogP contribution in [-0.4, -0.2) is 23.9 Å². The molecular weight excluding hydrogens is 206 g/mol. The van der Waals surface area contributed by atoms with Crippen LogP contribution in [0.4, 0.5) is 0 Å². The van der Waals surface area contributed by atoms with Crippen LogP contribution < -0.4 is 0 Å². The molecule has 0 spiro atoms. The topological polar surface area (TPSA) is 70.4 Å². The highest BCUT2D eigenvalue weighted by Gasteiger charge is 2.19. The average Bonchev–Trinajstić information content (AvgIpc) is 2.29. The molecule has 4 heteroatoms. The van der Waals surface area contributed by atoms with E-state index in [2.05, 4.69) is 4.74 Å². The van der Waals surface area contributed by atoms with Gasteiger partial charge in [0.1, 0.15) is 11.3 Å². The van der Waals surface area contributed by atoms with Crippen molar-refractivity contribution >= 4 is 11.7 Å². The number of nitrogens with one attached hydrogen (secondary N) is 1. The fraction of sp³-hybridized carbons (Fsp3) is 0.167. The van der Waals surface area contributed by atoms with Gasteiger partial charge >= 0.3 is 5.97 Å². The van der Waals surface area contributed by atoms with Crippen LogP contribution >= 0.6 is 0 Å². The molecule has 1 rings (SSSR count). The summed E-state index contributed by atoms with van der Waals surface area (Å²) in [5.74, 6) is -0.936. The Hall–Kier alpha value is -2.10. The number of benzene rings is 1. The number of aliphatic hydroxyl groups excluding tert-OH is 1. The van der Waals surface area contributed by atoms with Gasteiger partial charge < -0.3 is 9.84 Å². The summed E-state index contributed by atoms with van der Waals surface area (Å²) in [6.45, 7) is 1.35. The van der Waals surface area contributed by atoms with Crippen LogP contribution in [0.3, 0.4) is 0 Å². The van der Waals surface area contributed by atoms with E-state index in [-0.39, 0.29) is 17.0 Å². The minimum atomic E-state index is -0.714. The lowest BCUT2D eigenvalue weighted by Gasteiger charge is -2.08. The van der Waals surface area contributed by atoms with E-state index in [0.717, 1.165) is 0 Å². The second-order valence-corrected chi connectivity index (χ2v) is 3.19. The number of carbonyl (C=O) groups is 1. The lowest BCUT2D eigenvalue weighted by Crippen LogP contribution is -2.16. The predicted molar refractivity (Wildman–Crippen MR) is 60.6 cm³/mol. The zero-order chi connectivity index (χ0) is 12.1. The number of hydrogen-bond donors (Lipinski definition) is 2. The lowest BCUT2D eigenvalue weighted by atomic mass is 10.0. The van der Waals surface area contributed by atoms with Crippen molar-refractivity contribution in [2.45, 2.75) is 6.92 Å². The van der Waals surface area contributed by atoms with Gasteiger partial charge in [0.15, 0.2) is 0 Å². The smallest absolute Gasteiger partial charge is 0.343 e. The Bertz CT molecular complexity index is 431. The van der Waals surface area contributed by atoms with E-state index in [1.54, 1.807) is 24.3 Å². The monoisotopic (exact) mass is 219 g/mol. The molecule has 4 nitrogen and oxygen atoms in total. The number of methoxy groups -OCH3 is 1. The number of hydrogen-bond acceptors (Lipinski definition) is 4. The van der Waals surface area contributed by atoms with Gasteiger partial charge in [0.2, 0.25) is 0 Å². The average molecular weight is 219 g/mol. The van der Waals surface area contributed by atoms with Gasteiger partial charge in [-0.15, -0.1) is 0 Å². The summed E-state index contributed by atoms with van der Waals surface area (Å²) in [6.07, 6.45) is 0. The maximum Gasteiger partial charge on any atom is 0.343 e. The molecule has 0 aliphatic rings. The van der Waals surface area contributed by atoms with E-state index in [1.807, 2.05) is 6.07 Å². The SMILES string of the molecule is COC(=O)/C(C(=N)c1ccccc1)=C(\C)O. The molecule has 0 aliphatic carbocycles. The third kappa shape index (κ3) is 2.48. The van der Waals surface area contributed by atoms with Crippen molar-refractivity contribution in [3.8, 4) is 0 Å². The molecule has 16 heavy (non-hydrogen) atoms. The molecule has 0 saturated heterocycles. The highest BCUT2D eigenvalue weighted by molar-refractivity contribution is 6.25. The van der Waals surface area contributed by atoms with Gasteiger partial charge in [-0.3, -0.25) is 5.41 Å². The summed E-state index contributed by atoms with van der Waals surface area (Å²) in [6, 6.07) is 8.70. The zero-order valence-electron chi connectivity index (χ0n) is 9.15. The highest BCUT2D eigenvalue weighted by atomic mass is 16.5. The Balaban J connectivity index is 3.13. The summed E-state index contributed by atoms with van der Waals surface area (Å²) in [7, 11) is 1.21. The van der Waals surface area contributed by atoms with Gasteiger partial charge in [-0.1, -0.05) is 30.3 Å². The molecule has 0 bridgehead atoms. The van der Waals surface area contributed by atoms with Crippen molar-refractivity contribution in [2.75, 3.05) is 7.11 Å². The number of esters is 1. The maximum atomic E-state index is 11.4. The molecule has 0 heterocycles. The van der Waals surface area contributed by atoms with Crippen molar-refractivity contribution < 1.29 is 14.6 Å². The van der Waals surface area contributed by atoms with Gasteiger partial charge in [-0.2, -0.15) is 0 Å². The quantitative estimate of drug-likeness (QED) is 0.354. The first kappa shape index (κ1) is 12.0. The molecule has 0 radical (unpaired) electrons. The Morgan fingerprint density at radius 1 is 1.31 bits per heavy atom. The Kier molecular flexibility index (Phi) is 3.83. The van der Waals surface area contributed by atoms with Crippen molar-refractivity contribution in [2.24, 2.45) is 0 Å². The van der Waals surface area contributed by atoms with E-state index < -0.39 is 5.97 Å². The summed E-state index contributed by atoms with van der Waals surface area (Å²) in [5.41, 5.74) is 0.387. The maximum absolute atomic E-state index is 11.4. The first-order valence-corrected chi connectivity index (χ1v) is 4.70. The van der Waals surface area contributed by atoms with Crippen LogP contribution in [0.2, 0.25) is 0 Å². The highest BCUT2D eigenvalue weighted by Crippen LogP contribution is 2.12. The molecule has 0 saturated carbocycles. The van der Waals surface area contributed by atoms with E-state index in [4.69, 9.17) is 5.41 Å². The standard InChI is InChI=1S/C12H13NO3/c1-8(14)10(12(15)16-2)11(13)9-6-4-3-5-7-9/h3-7,13-14H,1-2H3/b10-8+,13-11?. The van der Waals surface area contributed by atoms with Crippen LogP contribution in [0.25, 0.3) is 0 Å². The van der Waals surface area contributed by atoms with E-state index in [9.17, 15) is 9.90 Å². The largest absolute Gasteiger partial charge is 0.512 e. The van der Waals surface area contributed by atoms with Gasteiger partial charge in [-0.05, 0) is 6.92 Å². The minimum absolute atomic E-state index is 0.0487. The normalized spacial score (nSPS) is 11.6. The molecule has 0 atom stereocenters. The predicted octanol–water partition coefficient (Wildman–Crippen LogP) is 2.06. The number of ether oxygens (including phenoxy) is 1. The zero-order valence-corrected chi connectivity index (χ0v) is 9.15. The van der Waals surface area contributed by atoms with Crippen LogP contribution in [0.5, 0.6) is 0 Å². The number of rotatable bonds is 3. The van der Waals surface area contributed by atoms with E-state index >= 15 is 0 Å². The van der Waals surface area contributed by atoms with Crippen LogP contribution in [0.15, 0.2) is 41.7 Å². The van der Waals surface area contributed by atoms with Gasteiger partial charge in [0, 0.05) is 5.56 Å². The molecule has 0 unspecified atom stereocenters. The Morgan fingerprint density at radius 2 is 1.88 bits per heavy atom. The molecule has 0 aromatic heterocycles. The first-order valence-electron chi connectivity index (χ1n) is 4.70. The lowest BCUT2D eigenvalue weighted by molar-refractivity contribution is -0.135. The second kappa shape index (κ2) is 5.11. The molecular formula is C12H13NO3. The molecule has 0 aliphatic heterocycles. The van der Waals surface area contributed by atoms with Crippen LogP contribution in [0.1, 0.15) is 12.5 Å². The molecule has 2 N–H and O–H groups in total. The van der Waals surface area contributed by atoms with Crippen LogP contribution in [0, 0.1) is 5.41 Å². The molecule has 84 valence electrons. The van der Waals surface area contributed by atoms with E-state index in [0.29, 0.717) is 5.56 Å². The minimum Gasteiger partial charge on any atom is -0.512 e. The summed E-state index contributed by atoms with van der Waals surface area (Å²) >= 11 is 0. The fourth-order valence-corrected chi connectivity index (χ4v) is 1.28. The number of allylic oxidation sites excluding steroid dienone is 1. The van der Waals surface area contributed by atoms with Crippen molar-refractivity contribution in [3.05, 3.63) is 47.2 Å². The van der Waals surface area contributed by atoms with Crippen molar-refractivity contribution in [1.29, 1.82) is 5.41 Å². The number of carbonyl (C=O) groups excluding carboxylic acids is 1. The molecule has 1 aromatic carbocycles. The summed E-state index contributed by atoms with van der Waals surface area (Å²) in [5, 5.41) is 17.2. The van der Waals surface area contributed by atoms with Crippen molar-refractivity contribution in [1.82, 2.24) is 0 Å². The third-order valence-corrected chi connectivity index (χ3v) is 2.06.